The van der Waals surface area contributed by atoms with Gasteiger partial charge in [0.2, 0.25) is 5.91 Å². The number of aliphatic carboxylic acids is 1. The van der Waals surface area contributed by atoms with E-state index in [9.17, 15) is 14.7 Å². The second-order valence-corrected chi connectivity index (χ2v) is 7.95. The molecule has 1 saturated heterocycles. The fourth-order valence-electron chi connectivity index (χ4n) is 3.93. The van der Waals surface area contributed by atoms with Crippen molar-refractivity contribution in [2.45, 2.75) is 38.1 Å². The van der Waals surface area contributed by atoms with Crippen LogP contribution in [0.4, 0.5) is 0 Å². The standard InChI is InChI=1S/C21H21Cl2NO3/c1-2-21(12-18(25)26)11-17(14-4-3-5-16(23)10-14)19(24-20(21)27)13-6-8-15(22)9-7-13/h3-10,17,19H,2,11-12H2,1H3,(H,24,27)(H,25,26)/t17-,19-,21-/m1/s1. The molecule has 27 heavy (non-hydrogen) atoms. The molecule has 3 rings (SSSR count). The number of hydrogen-bond donors (Lipinski definition) is 2. The zero-order chi connectivity index (χ0) is 19.6. The molecule has 2 aromatic carbocycles. The average molecular weight is 406 g/mol. The Morgan fingerprint density at radius 3 is 2.44 bits per heavy atom. The summed E-state index contributed by atoms with van der Waals surface area (Å²) in [6, 6.07) is 14.6. The smallest absolute Gasteiger partial charge is 0.304 e. The van der Waals surface area contributed by atoms with Crippen LogP contribution in [0.3, 0.4) is 0 Å². The lowest BCUT2D eigenvalue weighted by molar-refractivity contribution is -0.148. The summed E-state index contributed by atoms with van der Waals surface area (Å²) in [4.78, 5) is 24.4. The second kappa shape index (κ2) is 7.91. The van der Waals surface area contributed by atoms with Crippen LogP contribution in [0.15, 0.2) is 48.5 Å². The Labute approximate surface area is 168 Å². The summed E-state index contributed by atoms with van der Waals surface area (Å²) in [5.41, 5.74) is 0.963. The van der Waals surface area contributed by atoms with E-state index in [0.29, 0.717) is 22.9 Å². The molecule has 2 aromatic rings. The highest BCUT2D eigenvalue weighted by molar-refractivity contribution is 6.30. The Kier molecular flexibility index (Phi) is 5.78. The molecular weight excluding hydrogens is 385 g/mol. The van der Waals surface area contributed by atoms with Crippen molar-refractivity contribution in [3.63, 3.8) is 0 Å². The van der Waals surface area contributed by atoms with Crippen LogP contribution in [0.2, 0.25) is 10.0 Å². The summed E-state index contributed by atoms with van der Waals surface area (Å²) >= 11 is 12.2. The summed E-state index contributed by atoms with van der Waals surface area (Å²) in [5, 5.41) is 13.7. The topological polar surface area (TPSA) is 66.4 Å². The molecule has 1 amide bonds. The fourth-order valence-corrected chi connectivity index (χ4v) is 4.26. The maximum Gasteiger partial charge on any atom is 0.304 e. The van der Waals surface area contributed by atoms with Gasteiger partial charge in [0.05, 0.1) is 17.9 Å². The summed E-state index contributed by atoms with van der Waals surface area (Å²) in [5.74, 6) is -1.28. The SMILES string of the molecule is CC[C@]1(CC(=O)O)C[C@H](c2cccc(Cl)c2)[C@@H](c2ccc(Cl)cc2)NC1=O. The Hall–Kier alpha value is -2.04. The maximum absolute atomic E-state index is 13.0. The van der Waals surface area contributed by atoms with E-state index in [1.54, 1.807) is 18.2 Å². The molecule has 142 valence electrons. The van der Waals surface area contributed by atoms with Gasteiger partial charge in [-0.15, -0.1) is 0 Å². The average Bonchev–Trinajstić information content (AvgIpc) is 2.63. The zero-order valence-electron chi connectivity index (χ0n) is 14.9. The minimum atomic E-state index is -0.971. The molecule has 0 saturated carbocycles. The number of carbonyl (C=O) groups excluding carboxylic acids is 1. The third-order valence-corrected chi connectivity index (χ3v) is 5.94. The van der Waals surface area contributed by atoms with E-state index in [2.05, 4.69) is 5.32 Å². The number of hydrogen-bond acceptors (Lipinski definition) is 2. The first kappa shape index (κ1) is 19.7. The van der Waals surface area contributed by atoms with Crippen LogP contribution in [-0.2, 0) is 9.59 Å². The van der Waals surface area contributed by atoms with Crippen molar-refractivity contribution in [2.24, 2.45) is 5.41 Å². The predicted molar refractivity (Wildman–Crippen MR) is 106 cm³/mol. The number of piperidine rings is 1. The molecule has 1 aliphatic rings. The third kappa shape index (κ3) is 4.12. The molecule has 3 atom stereocenters. The van der Waals surface area contributed by atoms with Crippen LogP contribution in [0.25, 0.3) is 0 Å². The fraction of sp³-hybridized carbons (Fsp3) is 0.333. The van der Waals surface area contributed by atoms with E-state index in [-0.39, 0.29) is 24.3 Å². The predicted octanol–water partition coefficient (Wildman–Crippen LogP) is 5.21. The lowest BCUT2D eigenvalue weighted by Crippen LogP contribution is -2.51. The van der Waals surface area contributed by atoms with E-state index in [4.69, 9.17) is 23.2 Å². The molecule has 0 spiro atoms. The molecule has 0 aromatic heterocycles. The van der Waals surface area contributed by atoms with Gasteiger partial charge in [0.25, 0.3) is 0 Å². The first-order valence-electron chi connectivity index (χ1n) is 8.88. The number of rotatable bonds is 5. The molecule has 0 aliphatic carbocycles. The van der Waals surface area contributed by atoms with E-state index < -0.39 is 11.4 Å². The largest absolute Gasteiger partial charge is 0.481 e. The van der Waals surface area contributed by atoms with Gasteiger partial charge in [-0.25, -0.2) is 0 Å². The van der Waals surface area contributed by atoms with Gasteiger partial charge in [-0.05, 0) is 48.2 Å². The van der Waals surface area contributed by atoms with Gasteiger partial charge < -0.3 is 10.4 Å². The Balaban J connectivity index is 2.06. The van der Waals surface area contributed by atoms with Gasteiger partial charge in [0.15, 0.2) is 0 Å². The normalized spacial score (nSPS) is 25.1. The highest BCUT2D eigenvalue weighted by Crippen LogP contribution is 2.48. The number of carboxylic acid groups (broad SMARTS) is 1. The first-order chi connectivity index (χ1) is 12.8. The van der Waals surface area contributed by atoms with Crippen molar-refractivity contribution in [3.8, 4) is 0 Å². The molecule has 0 radical (unpaired) electrons. The number of carboxylic acids is 1. The summed E-state index contributed by atoms with van der Waals surface area (Å²) in [6.45, 7) is 1.86. The first-order valence-corrected chi connectivity index (χ1v) is 9.64. The quantitative estimate of drug-likeness (QED) is 0.717. The highest BCUT2D eigenvalue weighted by Gasteiger charge is 2.48. The maximum atomic E-state index is 13.0. The lowest BCUT2D eigenvalue weighted by atomic mass is 9.66. The number of carbonyl (C=O) groups is 2. The van der Waals surface area contributed by atoms with Crippen LogP contribution >= 0.6 is 23.2 Å². The molecular formula is C21H21Cl2NO3. The number of benzene rings is 2. The minimum Gasteiger partial charge on any atom is -0.481 e. The van der Waals surface area contributed by atoms with Crippen molar-refractivity contribution in [3.05, 3.63) is 69.7 Å². The van der Waals surface area contributed by atoms with Gasteiger partial charge >= 0.3 is 5.97 Å². The van der Waals surface area contributed by atoms with E-state index in [1.165, 1.54) is 0 Å². The molecule has 1 aliphatic heterocycles. The number of halogens is 2. The molecule has 2 N–H and O–H groups in total. The van der Waals surface area contributed by atoms with Crippen LogP contribution in [-0.4, -0.2) is 17.0 Å². The third-order valence-electron chi connectivity index (χ3n) is 5.45. The Morgan fingerprint density at radius 1 is 1.15 bits per heavy atom. The van der Waals surface area contributed by atoms with Crippen molar-refractivity contribution in [2.75, 3.05) is 0 Å². The summed E-state index contributed by atoms with van der Waals surface area (Å²) in [7, 11) is 0. The molecule has 4 nitrogen and oxygen atoms in total. The van der Waals surface area contributed by atoms with Gasteiger partial charge in [-0.3, -0.25) is 9.59 Å². The van der Waals surface area contributed by atoms with E-state index in [0.717, 1.165) is 11.1 Å². The number of nitrogens with one attached hydrogen (secondary N) is 1. The van der Waals surface area contributed by atoms with Crippen LogP contribution in [0.1, 0.15) is 49.3 Å². The zero-order valence-corrected chi connectivity index (χ0v) is 16.4. The number of amides is 1. The highest BCUT2D eigenvalue weighted by atomic mass is 35.5. The van der Waals surface area contributed by atoms with Crippen LogP contribution < -0.4 is 5.32 Å². The Bertz CT molecular complexity index is 853. The summed E-state index contributed by atoms with van der Waals surface area (Å²) < 4.78 is 0. The molecule has 1 heterocycles. The summed E-state index contributed by atoms with van der Waals surface area (Å²) in [6.07, 6.45) is 0.699. The van der Waals surface area contributed by atoms with Gasteiger partial charge in [0, 0.05) is 16.0 Å². The lowest BCUT2D eigenvalue weighted by Gasteiger charge is -2.44. The Morgan fingerprint density at radius 2 is 1.85 bits per heavy atom. The van der Waals surface area contributed by atoms with Crippen LogP contribution in [0, 0.1) is 5.41 Å². The van der Waals surface area contributed by atoms with E-state index in [1.807, 2.05) is 37.3 Å². The molecule has 6 heteroatoms. The molecule has 1 fully saturated rings. The molecule has 0 unspecified atom stereocenters. The van der Waals surface area contributed by atoms with Crippen molar-refractivity contribution < 1.29 is 14.7 Å². The minimum absolute atomic E-state index is 0.0955. The monoisotopic (exact) mass is 405 g/mol. The van der Waals surface area contributed by atoms with Crippen molar-refractivity contribution in [1.29, 1.82) is 0 Å². The van der Waals surface area contributed by atoms with Crippen molar-refractivity contribution >= 4 is 35.1 Å². The van der Waals surface area contributed by atoms with Gasteiger partial charge in [-0.1, -0.05) is 54.4 Å². The van der Waals surface area contributed by atoms with Gasteiger partial charge in [-0.2, -0.15) is 0 Å². The van der Waals surface area contributed by atoms with Gasteiger partial charge in [0.1, 0.15) is 0 Å². The molecule has 0 bridgehead atoms. The van der Waals surface area contributed by atoms with Crippen LogP contribution in [0.5, 0.6) is 0 Å². The van der Waals surface area contributed by atoms with Crippen molar-refractivity contribution in [1.82, 2.24) is 5.32 Å². The van der Waals surface area contributed by atoms with E-state index >= 15 is 0 Å². The second-order valence-electron chi connectivity index (χ2n) is 7.07.